The molecule has 0 aromatic heterocycles. The Hall–Kier alpha value is -0.400. The van der Waals surface area contributed by atoms with E-state index in [1.807, 2.05) is 6.92 Å². The van der Waals surface area contributed by atoms with Gasteiger partial charge in [-0.2, -0.15) is 8.42 Å². The first-order chi connectivity index (χ1) is 10.6. The van der Waals surface area contributed by atoms with Gasteiger partial charge >= 0.3 is 10.1 Å². The van der Waals surface area contributed by atoms with E-state index in [1.54, 1.807) is 20.8 Å². The zero-order chi connectivity index (χ0) is 17.7. The molecule has 0 aliphatic rings. The minimum Gasteiger partial charge on any atom is -0.324 e. The molecule has 0 saturated heterocycles. The minimum absolute atomic E-state index is 0.133. The Kier molecular flexibility index (Phi) is 7.74. The maximum Gasteiger partial charge on any atom is 0.301 e. The largest absolute Gasteiger partial charge is 0.324 e. The fourth-order valence-electron chi connectivity index (χ4n) is 1.79. The van der Waals surface area contributed by atoms with Crippen LogP contribution < -0.4 is 0 Å². The van der Waals surface area contributed by atoms with Gasteiger partial charge in [0.25, 0.3) is 0 Å². The average molecular weight is 384 g/mol. The smallest absolute Gasteiger partial charge is 0.301 e. The maximum absolute atomic E-state index is 14.0. The van der Waals surface area contributed by atoms with Crippen LogP contribution in [0.1, 0.15) is 27.7 Å². The van der Waals surface area contributed by atoms with Gasteiger partial charge in [-0.3, -0.25) is 8.75 Å². The molecular formula is C14H22FO5PS2. The van der Waals surface area contributed by atoms with E-state index in [1.165, 1.54) is 23.9 Å². The second kappa shape index (κ2) is 8.62. The van der Waals surface area contributed by atoms with E-state index in [0.29, 0.717) is 5.75 Å². The van der Waals surface area contributed by atoms with E-state index in [-0.39, 0.29) is 17.2 Å². The van der Waals surface area contributed by atoms with Crippen LogP contribution in [0.25, 0.3) is 0 Å². The van der Waals surface area contributed by atoms with E-state index in [2.05, 4.69) is 0 Å². The molecule has 0 heterocycles. The van der Waals surface area contributed by atoms with Gasteiger partial charge in [0.05, 0.1) is 6.10 Å². The first-order valence-electron chi connectivity index (χ1n) is 7.22. The van der Waals surface area contributed by atoms with Gasteiger partial charge in [-0.25, -0.2) is 4.39 Å². The van der Waals surface area contributed by atoms with Crippen LogP contribution in [0.5, 0.6) is 0 Å². The summed E-state index contributed by atoms with van der Waals surface area (Å²) in [4.78, 5) is -0.248. The minimum atomic E-state index is -4.37. The van der Waals surface area contributed by atoms with Gasteiger partial charge < -0.3 is 4.52 Å². The molecule has 0 bridgehead atoms. The second-order valence-corrected chi connectivity index (χ2v) is 10.6. The van der Waals surface area contributed by atoms with Crippen molar-refractivity contribution >= 4 is 29.2 Å². The molecule has 0 amide bonds. The van der Waals surface area contributed by atoms with Gasteiger partial charge in [0.1, 0.15) is 17.1 Å². The number of benzene rings is 1. The summed E-state index contributed by atoms with van der Waals surface area (Å²) in [5.41, 5.74) is 0. The topological polar surface area (TPSA) is 69.7 Å². The Labute approximate surface area is 141 Å². The molecule has 0 saturated carbocycles. The third-order valence-electron chi connectivity index (χ3n) is 2.77. The van der Waals surface area contributed by atoms with Crippen LogP contribution in [0.3, 0.4) is 0 Å². The lowest BCUT2D eigenvalue weighted by Gasteiger charge is -2.19. The van der Waals surface area contributed by atoms with Crippen LogP contribution in [-0.4, -0.2) is 32.8 Å². The monoisotopic (exact) mass is 384 g/mol. The molecule has 1 aromatic carbocycles. The van der Waals surface area contributed by atoms with Crippen LogP contribution >= 0.6 is 19.1 Å². The summed E-state index contributed by atoms with van der Waals surface area (Å²) in [6.07, 6.45) is -0.796. The van der Waals surface area contributed by atoms with Crippen LogP contribution in [0.15, 0.2) is 28.0 Å². The van der Waals surface area contributed by atoms with Crippen molar-refractivity contribution in [1.82, 2.24) is 0 Å². The molecule has 1 atom stereocenters. The molecule has 132 valence electrons. The first kappa shape index (κ1) is 20.6. The van der Waals surface area contributed by atoms with Crippen LogP contribution in [-0.2, 0) is 23.4 Å². The van der Waals surface area contributed by atoms with Crippen molar-refractivity contribution in [2.45, 2.75) is 43.6 Å². The summed E-state index contributed by atoms with van der Waals surface area (Å²) < 4.78 is 61.3. The van der Waals surface area contributed by atoms with Gasteiger partial charge in [0, 0.05) is 11.1 Å². The van der Waals surface area contributed by atoms with Gasteiger partial charge in [-0.1, -0.05) is 19.9 Å². The molecule has 1 rings (SSSR count). The molecule has 0 aliphatic carbocycles. The molecule has 0 radical (unpaired) electrons. The molecule has 9 heteroatoms. The van der Waals surface area contributed by atoms with Crippen molar-refractivity contribution < 1.29 is 26.1 Å². The predicted molar refractivity (Wildman–Crippen MR) is 90.3 cm³/mol. The van der Waals surface area contributed by atoms with E-state index in [4.69, 9.17) is 8.71 Å². The Bertz CT molecular complexity index is 676. The molecule has 23 heavy (non-hydrogen) atoms. The van der Waals surface area contributed by atoms with Crippen LogP contribution in [0.4, 0.5) is 4.39 Å². The Balaban J connectivity index is 3.07. The average Bonchev–Trinajstić information content (AvgIpc) is 2.45. The molecular weight excluding hydrogens is 362 g/mol. The van der Waals surface area contributed by atoms with E-state index < -0.39 is 34.5 Å². The lowest BCUT2D eigenvalue weighted by molar-refractivity contribution is 0.227. The number of rotatable bonds is 9. The lowest BCUT2D eigenvalue weighted by Crippen LogP contribution is -2.14. The van der Waals surface area contributed by atoms with Gasteiger partial charge in [0.2, 0.25) is 7.37 Å². The summed E-state index contributed by atoms with van der Waals surface area (Å²) in [6, 6.07) is 4.00. The highest BCUT2D eigenvalue weighted by molar-refractivity contribution is 8.00. The third-order valence-corrected chi connectivity index (χ3v) is 7.65. The summed E-state index contributed by atoms with van der Waals surface area (Å²) in [7, 11) is -7.62. The zero-order valence-corrected chi connectivity index (χ0v) is 16.1. The molecule has 0 N–H and O–H groups in total. The van der Waals surface area contributed by atoms with Crippen molar-refractivity contribution in [3.8, 4) is 0 Å². The van der Waals surface area contributed by atoms with E-state index >= 15 is 0 Å². The number of thioether (sulfide) groups is 1. The molecule has 5 nitrogen and oxygen atoms in total. The van der Waals surface area contributed by atoms with Crippen LogP contribution in [0, 0.1) is 5.82 Å². The zero-order valence-electron chi connectivity index (χ0n) is 13.6. The Morgan fingerprint density at radius 2 is 1.96 bits per heavy atom. The lowest BCUT2D eigenvalue weighted by atomic mass is 10.3. The Morgan fingerprint density at radius 3 is 2.48 bits per heavy atom. The molecule has 0 aliphatic heterocycles. The van der Waals surface area contributed by atoms with Crippen molar-refractivity contribution in [3.05, 3.63) is 24.0 Å². The standard InChI is InChI=1S/C14H22FO5PS2/c1-5-21(16,20-11(3)4)10-19-23(17,18)14-12(15)8-7-9-13(14)22-6-2/h7-9,11H,5-6,10H2,1-4H3. The number of hydrogen-bond acceptors (Lipinski definition) is 6. The highest BCUT2D eigenvalue weighted by Crippen LogP contribution is 2.48. The molecule has 1 aromatic rings. The van der Waals surface area contributed by atoms with Crippen molar-refractivity contribution in [2.75, 3.05) is 18.3 Å². The van der Waals surface area contributed by atoms with E-state index in [9.17, 15) is 17.4 Å². The summed E-state index contributed by atoms with van der Waals surface area (Å²) in [5.74, 6) is -0.310. The van der Waals surface area contributed by atoms with Gasteiger partial charge in [0.15, 0.2) is 0 Å². The van der Waals surface area contributed by atoms with Crippen LogP contribution in [0.2, 0.25) is 0 Å². The van der Waals surface area contributed by atoms with Gasteiger partial charge in [-0.15, -0.1) is 11.8 Å². The summed E-state index contributed by atoms with van der Waals surface area (Å²) >= 11 is 1.19. The van der Waals surface area contributed by atoms with Gasteiger partial charge in [-0.05, 0) is 31.7 Å². The molecule has 0 spiro atoms. The first-order valence-corrected chi connectivity index (χ1v) is 11.6. The number of halogens is 1. The highest BCUT2D eigenvalue weighted by atomic mass is 32.2. The second-order valence-electron chi connectivity index (χ2n) is 4.99. The third kappa shape index (κ3) is 5.87. The maximum atomic E-state index is 14.0. The fraction of sp³-hybridized carbons (Fsp3) is 0.571. The molecule has 1 unspecified atom stereocenters. The SMILES string of the molecule is CCSc1cccc(F)c1S(=O)(=O)OCP(=O)(CC)OC(C)C. The highest BCUT2D eigenvalue weighted by Gasteiger charge is 2.30. The molecule has 0 fully saturated rings. The quantitative estimate of drug-likeness (QED) is 0.359. The normalized spacial score (nSPS) is 14.9. The van der Waals surface area contributed by atoms with Crippen molar-refractivity contribution in [1.29, 1.82) is 0 Å². The summed E-state index contributed by atoms with van der Waals surface area (Å²) in [5, 5.41) is 0. The number of hydrogen-bond donors (Lipinski definition) is 0. The van der Waals surface area contributed by atoms with Crippen molar-refractivity contribution in [3.63, 3.8) is 0 Å². The van der Waals surface area contributed by atoms with Crippen molar-refractivity contribution in [2.24, 2.45) is 0 Å². The summed E-state index contributed by atoms with van der Waals surface area (Å²) in [6.45, 7) is 6.85. The predicted octanol–water partition coefficient (Wildman–Crippen LogP) is 4.32. The fourth-order valence-corrected chi connectivity index (χ4v) is 6.08. The Morgan fingerprint density at radius 1 is 1.30 bits per heavy atom. The van der Waals surface area contributed by atoms with E-state index in [0.717, 1.165) is 6.07 Å².